The van der Waals surface area contributed by atoms with E-state index in [1.807, 2.05) is 30.3 Å². The maximum absolute atomic E-state index is 12.3. The lowest BCUT2D eigenvalue weighted by molar-refractivity contribution is 0.0958. The Morgan fingerprint density at radius 3 is 2.54 bits per heavy atom. The zero-order valence-corrected chi connectivity index (χ0v) is 14.2. The molecule has 7 heteroatoms. The van der Waals surface area contributed by atoms with Crippen molar-refractivity contribution in [2.24, 2.45) is 14.1 Å². The third kappa shape index (κ3) is 2.90. The SMILES string of the molecule is Cn1c(=O)c2cc(C(=O)NCCc3ccccc3)sc2n(C)c1=O. The molecule has 1 amide bonds. The van der Waals surface area contributed by atoms with Gasteiger partial charge in [-0.25, -0.2) is 4.79 Å². The zero-order chi connectivity index (χ0) is 17.3. The highest BCUT2D eigenvalue weighted by atomic mass is 32.1. The monoisotopic (exact) mass is 343 g/mol. The van der Waals surface area contributed by atoms with Gasteiger partial charge in [-0.2, -0.15) is 0 Å². The minimum absolute atomic E-state index is 0.235. The predicted molar refractivity (Wildman–Crippen MR) is 94.8 cm³/mol. The molecule has 3 aromatic rings. The normalized spacial score (nSPS) is 10.9. The number of aryl methyl sites for hydroxylation is 1. The fourth-order valence-corrected chi connectivity index (χ4v) is 3.55. The molecule has 0 spiro atoms. The van der Waals surface area contributed by atoms with Gasteiger partial charge in [0.2, 0.25) is 0 Å². The molecule has 0 atom stereocenters. The van der Waals surface area contributed by atoms with Crippen LogP contribution in [0.2, 0.25) is 0 Å². The Hall–Kier alpha value is -2.67. The maximum atomic E-state index is 12.3. The van der Waals surface area contributed by atoms with Crippen molar-refractivity contribution >= 4 is 27.5 Å². The van der Waals surface area contributed by atoms with Crippen LogP contribution < -0.4 is 16.6 Å². The number of amides is 1. The summed E-state index contributed by atoms with van der Waals surface area (Å²) in [5.74, 6) is -0.235. The first-order valence-corrected chi connectivity index (χ1v) is 8.32. The lowest BCUT2D eigenvalue weighted by Crippen LogP contribution is -2.36. The van der Waals surface area contributed by atoms with Crippen LogP contribution in [-0.2, 0) is 20.5 Å². The van der Waals surface area contributed by atoms with Crippen molar-refractivity contribution < 1.29 is 4.79 Å². The number of benzene rings is 1. The zero-order valence-electron chi connectivity index (χ0n) is 13.4. The molecule has 1 aromatic carbocycles. The third-order valence-corrected chi connectivity index (χ3v) is 5.10. The van der Waals surface area contributed by atoms with Gasteiger partial charge >= 0.3 is 5.69 Å². The first-order chi connectivity index (χ1) is 11.5. The number of thiophene rings is 1. The van der Waals surface area contributed by atoms with E-state index in [1.165, 1.54) is 11.6 Å². The Labute approximate surface area is 142 Å². The molecule has 0 fully saturated rings. The number of nitrogens with zero attached hydrogens (tertiary/aromatic N) is 2. The molecule has 6 nitrogen and oxygen atoms in total. The smallest absolute Gasteiger partial charge is 0.331 e. The van der Waals surface area contributed by atoms with E-state index < -0.39 is 5.69 Å². The number of hydrogen-bond acceptors (Lipinski definition) is 4. The second-order valence-corrected chi connectivity index (χ2v) is 6.56. The summed E-state index contributed by atoms with van der Waals surface area (Å²) in [4.78, 5) is 37.3. The van der Waals surface area contributed by atoms with E-state index in [0.29, 0.717) is 21.6 Å². The Balaban J connectivity index is 1.81. The lowest BCUT2D eigenvalue weighted by atomic mass is 10.1. The van der Waals surface area contributed by atoms with E-state index in [-0.39, 0.29) is 11.5 Å². The number of carbonyl (C=O) groups is 1. The molecular formula is C17H17N3O3S. The van der Waals surface area contributed by atoms with Crippen LogP contribution in [0.15, 0.2) is 46.0 Å². The minimum atomic E-state index is -0.398. The number of rotatable bonds is 4. The average molecular weight is 343 g/mol. The van der Waals surface area contributed by atoms with Crippen LogP contribution in [0.5, 0.6) is 0 Å². The molecule has 124 valence electrons. The van der Waals surface area contributed by atoms with Crippen molar-refractivity contribution in [2.75, 3.05) is 6.54 Å². The Bertz CT molecular complexity index is 1020. The summed E-state index contributed by atoms with van der Waals surface area (Å²) in [5.41, 5.74) is 0.364. The molecular weight excluding hydrogens is 326 g/mol. The highest BCUT2D eigenvalue weighted by Gasteiger charge is 2.16. The van der Waals surface area contributed by atoms with E-state index in [4.69, 9.17) is 0 Å². The second-order valence-electron chi connectivity index (χ2n) is 5.53. The van der Waals surface area contributed by atoms with Gasteiger partial charge in [-0.1, -0.05) is 30.3 Å². The largest absolute Gasteiger partial charge is 0.351 e. The maximum Gasteiger partial charge on any atom is 0.331 e. The molecule has 2 aromatic heterocycles. The predicted octanol–water partition coefficient (Wildman–Crippen LogP) is 1.27. The van der Waals surface area contributed by atoms with Crippen molar-refractivity contribution in [3.05, 3.63) is 67.7 Å². The fraction of sp³-hybridized carbons (Fsp3) is 0.235. The van der Waals surface area contributed by atoms with Gasteiger partial charge in [0, 0.05) is 20.6 Å². The second kappa shape index (κ2) is 6.45. The van der Waals surface area contributed by atoms with Crippen LogP contribution in [0.1, 0.15) is 15.2 Å². The number of fused-ring (bicyclic) bond motifs is 1. The highest BCUT2D eigenvalue weighted by Crippen LogP contribution is 2.21. The van der Waals surface area contributed by atoms with Gasteiger partial charge in [0.1, 0.15) is 4.83 Å². The van der Waals surface area contributed by atoms with E-state index in [2.05, 4.69) is 5.32 Å². The molecule has 0 aliphatic heterocycles. The summed E-state index contributed by atoms with van der Waals surface area (Å²) < 4.78 is 2.44. The van der Waals surface area contributed by atoms with Crippen molar-refractivity contribution in [3.63, 3.8) is 0 Å². The van der Waals surface area contributed by atoms with Gasteiger partial charge in [0.05, 0.1) is 10.3 Å². The van der Waals surface area contributed by atoms with Crippen molar-refractivity contribution in [2.45, 2.75) is 6.42 Å². The van der Waals surface area contributed by atoms with Crippen LogP contribution in [0.3, 0.4) is 0 Å². The molecule has 1 N–H and O–H groups in total. The molecule has 0 saturated heterocycles. The molecule has 2 heterocycles. The number of nitrogens with one attached hydrogen (secondary N) is 1. The van der Waals surface area contributed by atoms with Crippen LogP contribution in [0, 0.1) is 0 Å². The van der Waals surface area contributed by atoms with E-state index in [1.54, 1.807) is 13.1 Å². The molecule has 0 aliphatic rings. The van der Waals surface area contributed by atoms with Gasteiger partial charge in [-0.15, -0.1) is 11.3 Å². The molecule has 0 unspecified atom stereocenters. The van der Waals surface area contributed by atoms with E-state index in [9.17, 15) is 14.4 Å². The minimum Gasteiger partial charge on any atom is -0.351 e. The third-order valence-electron chi connectivity index (χ3n) is 3.89. The first kappa shape index (κ1) is 16.2. The van der Waals surface area contributed by atoms with Crippen LogP contribution in [0.4, 0.5) is 0 Å². The Morgan fingerprint density at radius 2 is 1.83 bits per heavy atom. The number of aromatic nitrogens is 2. The topological polar surface area (TPSA) is 73.1 Å². The van der Waals surface area contributed by atoms with Gasteiger partial charge < -0.3 is 5.32 Å². The summed E-state index contributed by atoms with van der Waals surface area (Å²) in [6, 6.07) is 11.4. The summed E-state index contributed by atoms with van der Waals surface area (Å²) in [5, 5.41) is 3.24. The first-order valence-electron chi connectivity index (χ1n) is 7.50. The summed E-state index contributed by atoms with van der Waals surface area (Å²) in [7, 11) is 3.03. The standard InChI is InChI=1S/C17H17N3O3S/c1-19-15(22)12-10-13(24-16(12)20(2)17(19)23)14(21)18-9-8-11-6-4-3-5-7-11/h3-7,10H,8-9H2,1-2H3,(H,18,21). The highest BCUT2D eigenvalue weighted by molar-refractivity contribution is 7.20. The summed E-state index contributed by atoms with van der Waals surface area (Å²) in [6.07, 6.45) is 0.734. The van der Waals surface area contributed by atoms with Crippen molar-refractivity contribution in [1.29, 1.82) is 0 Å². The Kier molecular flexibility index (Phi) is 4.35. The quantitative estimate of drug-likeness (QED) is 0.775. The van der Waals surface area contributed by atoms with Gasteiger partial charge in [-0.05, 0) is 18.1 Å². The van der Waals surface area contributed by atoms with Gasteiger partial charge in [-0.3, -0.25) is 18.7 Å². The van der Waals surface area contributed by atoms with Crippen LogP contribution in [0.25, 0.3) is 10.2 Å². The Morgan fingerprint density at radius 1 is 1.12 bits per heavy atom. The molecule has 0 radical (unpaired) electrons. The lowest BCUT2D eigenvalue weighted by Gasteiger charge is -2.03. The molecule has 0 saturated carbocycles. The van der Waals surface area contributed by atoms with E-state index in [0.717, 1.165) is 27.9 Å². The molecule has 0 aliphatic carbocycles. The fourth-order valence-electron chi connectivity index (χ4n) is 2.53. The molecule has 3 rings (SSSR count). The number of hydrogen-bond donors (Lipinski definition) is 1. The molecule has 24 heavy (non-hydrogen) atoms. The van der Waals surface area contributed by atoms with Crippen molar-refractivity contribution in [1.82, 2.24) is 14.5 Å². The average Bonchev–Trinajstić information content (AvgIpc) is 3.04. The molecule has 0 bridgehead atoms. The van der Waals surface area contributed by atoms with Gasteiger partial charge in [0.15, 0.2) is 0 Å². The van der Waals surface area contributed by atoms with E-state index >= 15 is 0 Å². The van der Waals surface area contributed by atoms with Gasteiger partial charge in [0.25, 0.3) is 11.5 Å². The van der Waals surface area contributed by atoms with Crippen LogP contribution >= 0.6 is 11.3 Å². The summed E-state index contributed by atoms with van der Waals surface area (Å²) in [6.45, 7) is 0.508. The van der Waals surface area contributed by atoms with Crippen molar-refractivity contribution in [3.8, 4) is 0 Å². The number of carbonyl (C=O) groups excluding carboxylic acids is 1. The summed E-state index contributed by atoms with van der Waals surface area (Å²) >= 11 is 1.15. The van der Waals surface area contributed by atoms with Crippen LogP contribution in [-0.4, -0.2) is 21.6 Å².